The topological polar surface area (TPSA) is 80.9 Å². The number of halogens is 2. The van der Waals surface area contributed by atoms with Crippen LogP contribution in [0.15, 0.2) is 6.07 Å². The molecule has 1 aromatic rings. The van der Waals surface area contributed by atoms with E-state index in [0.29, 0.717) is 13.1 Å². The van der Waals surface area contributed by atoms with Crippen LogP contribution in [0, 0.1) is 0 Å². The van der Waals surface area contributed by atoms with Crippen LogP contribution in [-0.4, -0.2) is 29.2 Å². The minimum Gasteiger partial charge on any atom is -0.351 e. The van der Waals surface area contributed by atoms with Gasteiger partial charge in [0.1, 0.15) is 0 Å². The first-order valence-electron chi connectivity index (χ1n) is 3.82. The maximum atomic E-state index is 11.4. The number of nitrogens with two attached hydrogens (primary N) is 1. The van der Waals surface area contributed by atoms with E-state index in [9.17, 15) is 4.79 Å². The third kappa shape index (κ3) is 2.80. The van der Waals surface area contributed by atoms with Crippen LogP contribution in [0.3, 0.4) is 0 Å². The quantitative estimate of drug-likeness (QED) is 0.797. The molecule has 3 N–H and O–H groups in total. The minimum absolute atomic E-state index is 0.0175. The second kappa shape index (κ2) is 5.09. The molecule has 1 heterocycles. The summed E-state index contributed by atoms with van der Waals surface area (Å²) in [4.78, 5) is 11.4. The van der Waals surface area contributed by atoms with E-state index in [4.69, 9.17) is 28.9 Å². The highest BCUT2D eigenvalue weighted by Gasteiger charge is 2.11. The zero-order valence-corrected chi connectivity index (χ0v) is 8.64. The standard InChI is InChI=1S/C7H8Cl2N4O/c8-5-3-4(6(9)13-12-5)7(14)11-2-1-10/h3H,1-2,10H2,(H,11,14). The van der Waals surface area contributed by atoms with Crippen molar-refractivity contribution in [1.82, 2.24) is 15.5 Å². The second-order valence-corrected chi connectivity index (χ2v) is 3.16. The number of aromatic nitrogens is 2. The summed E-state index contributed by atoms with van der Waals surface area (Å²) in [6.45, 7) is 0.727. The molecule has 0 aliphatic carbocycles. The summed E-state index contributed by atoms with van der Waals surface area (Å²) in [5.74, 6) is -0.364. The van der Waals surface area contributed by atoms with Crippen LogP contribution in [0.4, 0.5) is 0 Å². The molecule has 0 aromatic carbocycles. The van der Waals surface area contributed by atoms with Gasteiger partial charge in [0.2, 0.25) is 0 Å². The molecule has 1 amide bonds. The summed E-state index contributed by atoms with van der Waals surface area (Å²) in [6, 6.07) is 1.35. The number of rotatable bonds is 3. The minimum atomic E-state index is -0.364. The third-order valence-electron chi connectivity index (χ3n) is 1.39. The van der Waals surface area contributed by atoms with Gasteiger partial charge in [0.05, 0.1) is 5.56 Å². The summed E-state index contributed by atoms with van der Waals surface area (Å²) < 4.78 is 0. The fourth-order valence-electron chi connectivity index (χ4n) is 0.793. The van der Waals surface area contributed by atoms with Crippen molar-refractivity contribution in [3.63, 3.8) is 0 Å². The Kier molecular flexibility index (Phi) is 4.06. The first-order chi connectivity index (χ1) is 6.65. The van der Waals surface area contributed by atoms with E-state index >= 15 is 0 Å². The van der Waals surface area contributed by atoms with Gasteiger partial charge in [0, 0.05) is 13.1 Å². The zero-order chi connectivity index (χ0) is 10.6. The average Bonchev–Trinajstić information content (AvgIpc) is 2.18. The van der Waals surface area contributed by atoms with Gasteiger partial charge >= 0.3 is 0 Å². The molecule has 0 fully saturated rings. The molecular weight excluding hydrogens is 227 g/mol. The average molecular weight is 235 g/mol. The fraction of sp³-hybridized carbons (Fsp3) is 0.286. The van der Waals surface area contributed by atoms with Crippen molar-refractivity contribution in [2.75, 3.05) is 13.1 Å². The summed E-state index contributed by atoms with van der Waals surface area (Å²) >= 11 is 11.2. The monoisotopic (exact) mass is 234 g/mol. The van der Waals surface area contributed by atoms with Crippen molar-refractivity contribution in [2.24, 2.45) is 5.73 Å². The van der Waals surface area contributed by atoms with Crippen molar-refractivity contribution < 1.29 is 4.79 Å². The molecule has 0 saturated carbocycles. The van der Waals surface area contributed by atoms with Crippen LogP contribution < -0.4 is 11.1 Å². The molecule has 0 aliphatic heterocycles. The number of carbonyl (C=O) groups is 1. The van der Waals surface area contributed by atoms with E-state index in [1.807, 2.05) is 0 Å². The van der Waals surface area contributed by atoms with Crippen LogP contribution >= 0.6 is 23.2 Å². The molecule has 1 rings (SSSR count). The molecule has 1 aromatic heterocycles. The van der Waals surface area contributed by atoms with Gasteiger partial charge in [-0.15, -0.1) is 10.2 Å². The van der Waals surface area contributed by atoms with E-state index in [-0.39, 0.29) is 21.8 Å². The van der Waals surface area contributed by atoms with E-state index in [2.05, 4.69) is 15.5 Å². The zero-order valence-electron chi connectivity index (χ0n) is 7.13. The molecule has 0 spiro atoms. The Labute approximate surface area is 90.6 Å². The summed E-state index contributed by atoms with van der Waals surface area (Å²) in [5, 5.41) is 9.66. The van der Waals surface area contributed by atoms with E-state index in [0.717, 1.165) is 0 Å². The van der Waals surface area contributed by atoms with Crippen molar-refractivity contribution in [2.45, 2.75) is 0 Å². The third-order valence-corrected chi connectivity index (χ3v) is 1.86. The van der Waals surface area contributed by atoms with Gasteiger partial charge in [0.25, 0.3) is 5.91 Å². The molecule has 0 aliphatic rings. The smallest absolute Gasteiger partial charge is 0.254 e. The molecule has 0 radical (unpaired) electrons. The van der Waals surface area contributed by atoms with Gasteiger partial charge in [-0.05, 0) is 6.07 Å². The van der Waals surface area contributed by atoms with E-state index in [1.54, 1.807) is 0 Å². The normalized spacial score (nSPS) is 9.93. The summed E-state index contributed by atoms with van der Waals surface area (Å²) in [7, 11) is 0. The van der Waals surface area contributed by atoms with Gasteiger partial charge < -0.3 is 11.1 Å². The van der Waals surface area contributed by atoms with Crippen molar-refractivity contribution in [1.29, 1.82) is 0 Å². The maximum Gasteiger partial charge on any atom is 0.254 e. The molecule has 0 saturated heterocycles. The highest BCUT2D eigenvalue weighted by atomic mass is 35.5. The van der Waals surface area contributed by atoms with E-state index < -0.39 is 0 Å². The lowest BCUT2D eigenvalue weighted by Crippen LogP contribution is -2.29. The van der Waals surface area contributed by atoms with Crippen molar-refractivity contribution in [3.05, 3.63) is 21.9 Å². The Balaban J connectivity index is 2.83. The maximum absolute atomic E-state index is 11.4. The first-order valence-corrected chi connectivity index (χ1v) is 4.57. The number of amides is 1. The van der Waals surface area contributed by atoms with Crippen LogP contribution in [-0.2, 0) is 0 Å². The predicted octanol–water partition coefficient (Wildman–Crippen LogP) is 0.472. The number of nitrogens with zero attached hydrogens (tertiary/aromatic N) is 2. The molecule has 7 heteroatoms. The van der Waals surface area contributed by atoms with Crippen LogP contribution in [0.25, 0.3) is 0 Å². The lowest BCUT2D eigenvalue weighted by Gasteiger charge is -2.03. The van der Waals surface area contributed by atoms with Crippen LogP contribution in [0.5, 0.6) is 0 Å². The Morgan fingerprint density at radius 1 is 1.50 bits per heavy atom. The number of carbonyl (C=O) groups excluding carboxylic acids is 1. The largest absolute Gasteiger partial charge is 0.351 e. The Bertz CT molecular complexity index is 344. The van der Waals surface area contributed by atoms with Gasteiger partial charge in [-0.1, -0.05) is 23.2 Å². The number of hydrogen-bond donors (Lipinski definition) is 2. The van der Waals surface area contributed by atoms with Crippen molar-refractivity contribution in [3.8, 4) is 0 Å². The van der Waals surface area contributed by atoms with Gasteiger partial charge in [0.15, 0.2) is 10.3 Å². The Morgan fingerprint density at radius 2 is 2.21 bits per heavy atom. The van der Waals surface area contributed by atoms with Crippen LogP contribution in [0.2, 0.25) is 10.3 Å². The highest BCUT2D eigenvalue weighted by molar-refractivity contribution is 6.34. The van der Waals surface area contributed by atoms with Gasteiger partial charge in [-0.2, -0.15) is 0 Å². The SMILES string of the molecule is NCCNC(=O)c1cc(Cl)nnc1Cl. The molecule has 0 unspecified atom stereocenters. The summed E-state index contributed by atoms with van der Waals surface area (Å²) in [5.41, 5.74) is 5.42. The molecule has 0 bridgehead atoms. The van der Waals surface area contributed by atoms with Crippen molar-refractivity contribution >= 4 is 29.1 Å². The number of hydrogen-bond acceptors (Lipinski definition) is 4. The lowest BCUT2D eigenvalue weighted by molar-refractivity contribution is 0.0954. The molecular formula is C7H8Cl2N4O. The lowest BCUT2D eigenvalue weighted by atomic mass is 10.3. The molecule has 76 valence electrons. The molecule has 0 atom stereocenters. The first kappa shape index (κ1) is 11.2. The van der Waals surface area contributed by atoms with Gasteiger partial charge in [-0.25, -0.2) is 0 Å². The van der Waals surface area contributed by atoms with E-state index in [1.165, 1.54) is 6.07 Å². The fourth-order valence-corrected chi connectivity index (χ4v) is 1.12. The highest BCUT2D eigenvalue weighted by Crippen LogP contribution is 2.14. The van der Waals surface area contributed by atoms with Gasteiger partial charge in [-0.3, -0.25) is 4.79 Å². The number of nitrogens with one attached hydrogen (secondary N) is 1. The predicted molar refractivity (Wildman–Crippen MR) is 53.4 cm³/mol. The summed E-state index contributed by atoms with van der Waals surface area (Å²) in [6.07, 6.45) is 0. The molecule has 5 nitrogen and oxygen atoms in total. The Hall–Kier alpha value is -0.910. The van der Waals surface area contributed by atoms with Crippen LogP contribution in [0.1, 0.15) is 10.4 Å². The second-order valence-electron chi connectivity index (χ2n) is 2.42. The molecule has 14 heavy (non-hydrogen) atoms. The Morgan fingerprint density at radius 3 is 2.86 bits per heavy atom.